The molecule has 18 heavy (non-hydrogen) atoms. The van der Waals surface area contributed by atoms with Crippen molar-refractivity contribution in [3.63, 3.8) is 0 Å². The van der Waals surface area contributed by atoms with Crippen LogP contribution < -0.4 is 21.7 Å². The Hall–Kier alpha value is -1.71. The lowest BCUT2D eigenvalue weighted by Crippen LogP contribution is -2.28. The van der Waals surface area contributed by atoms with Crippen LogP contribution in [0.4, 0.5) is 5.69 Å². The van der Waals surface area contributed by atoms with E-state index in [1.807, 2.05) is 0 Å². The molecule has 9 heteroatoms. The molecule has 0 unspecified atom stereocenters. The number of nitrogens with zero attached hydrogens (tertiary/aromatic N) is 1. The topological polar surface area (TPSA) is 140 Å². The van der Waals surface area contributed by atoms with Crippen LogP contribution in [-0.2, 0) is 10.0 Å². The van der Waals surface area contributed by atoms with Gasteiger partial charge in [-0.05, 0) is 12.5 Å². The van der Waals surface area contributed by atoms with Crippen molar-refractivity contribution in [3.05, 3.63) is 24.0 Å². The van der Waals surface area contributed by atoms with Crippen LogP contribution in [0.25, 0.3) is 0 Å². The van der Waals surface area contributed by atoms with Crippen molar-refractivity contribution < 1.29 is 13.2 Å². The summed E-state index contributed by atoms with van der Waals surface area (Å²) >= 11 is 0. The van der Waals surface area contributed by atoms with Gasteiger partial charge in [0.1, 0.15) is 0 Å². The fraction of sp³-hybridized carbons (Fsp3) is 0.333. The summed E-state index contributed by atoms with van der Waals surface area (Å²) in [5, 5.41) is 7.38. The number of hydrazine groups is 1. The number of pyridine rings is 1. The predicted molar refractivity (Wildman–Crippen MR) is 67.0 cm³/mol. The van der Waals surface area contributed by atoms with Gasteiger partial charge in [0, 0.05) is 18.9 Å². The summed E-state index contributed by atoms with van der Waals surface area (Å²) in [5.41, 5.74) is 3.10. The molecule has 0 aliphatic carbocycles. The average Bonchev–Trinajstić information content (AvgIpc) is 2.33. The molecule has 100 valence electrons. The summed E-state index contributed by atoms with van der Waals surface area (Å²) in [6, 6.07) is 1.55. The number of sulfonamides is 1. The van der Waals surface area contributed by atoms with E-state index in [1.165, 1.54) is 12.4 Å². The van der Waals surface area contributed by atoms with Gasteiger partial charge in [0.05, 0.1) is 17.0 Å². The molecule has 1 aromatic heterocycles. The van der Waals surface area contributed by atoms with Gasteiger partial charge in [0.15, 0.2) is 0 Å². The van der Waals surface area contributed by atoms with Crippen molar-refractivity contribution in [1.82, 2.24) is 10.3 Å². The molecule has 1 amide bonds. The van der Waals surface area contributed by atoms with Crippen LogP contribution in [0.1, 0.15) is 16.8 Å². The third-order valence-electron chi connectivity index (χ3n) is 2.11. The number of aromatic nitrogens is 1. The predicted octanol–water partition coefficient (Wildman–Crippen LogP) is -1.22. The minimum Gasteiger partial charge on any atom is -0.352 e. The second-order valence-corrected chi connectivity index (χ2v) is 5.28. The lowest BCUT2D eigenvalue weighted by Gasteiger charge is -2.08. The number of anilines is 1. The Bertz CT molecular complexity index is 517. The van der Waals surface area contributed by atoms with Crippen molar-refractivity contribution in [2.75, 3.05) is 17.7 Å². The minimum atomic E-state index is -3.50. The summed E-state index contributed by atoms with van der Waals surface area (Å²) < 4.78 is 21.3. The monoisotopic (exact) mass is 273 g/mol. The van der Waals surface area contributed by atoms with Crippen molar-refractivity contribution in [2.24, 2.45) is 11.0 Å². The van der Waals surface area contributed by atoms with Crippen LogP contribution in [0.15, 0.2) is 18.5 Å². The Morgan fingerprint density at radius 2 is 2.17 bits per heavy atom. The number of nitrogens with two attached hydrogens (primary N) is 2. The van der Waals surface area contributed by atoms with E-state index in [9.17, 15) is 13.2 Å². The molecule has 0 aromatic carbocycles. The van der Waals surface area contributed by atoms with Crippen LogP contribution in [0.2, 0.25) is 0 Å². The second kappa shape index (κ2) is 6.28. The van der Waals surface area contributed by atoms with Crippen LogP contribution in [0.5, 0.6) is 0 Å². The van der Waals surface area contributed by atoms with Crippen LogP contribution in [-0.4, -0.2) is 31.6 Å². The Morgan fingerprint density at radius 1 is 1.44 bits per heavy atom. The van der Waals surface area contributed by atoms with Crippen molar-refractivity contribution in [1.29, 1.82) is 0 Å². The first-order valence-electron chi connectivity index (χ1n) is 5.13. The number of rotatable bonds is 6. The quantitative estimate of drug-likeness (QED) is 0.291. The van der Waals surface area contributed by atoms with E-state index < -0.39 is 10.0 Å². The van der Waals surface area contributed by atoms with Crippen molar-refractivity contribution in [3.8, 4) is 0 Å². The maximum absolute atomic E-state index is 11.7. The highest BCUT2D eigenvalue weighted by Gasteiger charge is 2.10. The normalized spacial score (nSPS) is 11.0. The van der Waals surface area contributed by atoms with E-state index in [2.05, 4.69) is 15.7 Å². The molecule has 0 saturated heterocycles. The van der Waals surface area contributed by atoms with E-state index >= 15 is 0 Å². The fourth-order valence-electron chi connectivity index (χ4n) is 1.27. The maximum Gasteiger partial charge on any atom is 0.255 e. The van der Waals surface area contributed by atoms with Gasteiger partial charge in [-0.3, -0.25) is 15.6 Å². The highest BCUT2D eigenvalue weighted by molar-refractivity contribution is 7.89. The molecule has 0 aliphatic heterocycles. The Labute approximate surface area is 105 Å². The number of amides is 1. The van der Waals surface area contributed by atoms with E-state index in [4.69, 9.17) is 11.0 Å². The van der Waals surface area contributed by atoms with Crippen LogP contribution in [0, 0.1) is 0 Å². The highest BCUT2D eigenvalue weighted by Crippen LogP contribution is 2.11. The van der Waals surface area contributed by atoms with Gasteiger partial charge in [-0.2, -0.15) is 0 Å². The summed E-state index contributed by atoms with van der Waals surface area (Å²) in [6.45, 7) is 0.203. The molecular formula is C9H15N5O3S. The third kappa shape index (κ3) is 4.65. The minimum absolute atomic E-state index is 0.178. The Kier molecular flexibility index (Phi) is 5.01. The summed E-state index contributed by atoms with van der Waals surface area (Å²) in [5.74, 6) is 4.68. The molecule has 0 aliphatic rings. The van der Waals surface area contributed by atoms with Gasteiger partial charge in [0.25, 0.3) is 5.91 Å². The molecule has 1 rings (SSSR count). The molecule has 0 spiro atoms. The van der Waals surface area contributed by atoms with Gasteiger partial charge in [-0.1, -0.05) is 0 Å². The molecule has 1 aromatic rings. The van der Waals surface area contributed by atoms with Gasteiger partial charge < -0.3 is 10.7 Å². The lowest BCUT2D eigenvalue weighted by molar-refractivity contribution is 0.0954. The fourth-order valence-corrected chi connectivity index (χ4v) is 1.82. The molecular weight excluding hydrogens is 258 g/mol. The average molecular weight is 273 g/mol. The molecule has 0 atom stereocenters. The van der Waals surface area contributed by atoms with E-state index in [-0.39, 0.29) is 30.2 Å². The van der Waals surface area contributed by atoms with E-state index in [0.717, 1.165) is 0 Å². The zero-order chi connectivity index (χ0) is 13.6. The smallest absolute Gasteiger partial charge is 0.255 e. The molecule has 0 fully saturated rings. The summed E-state index contributed by atoms with van der Waals surface area (Å²) in [7, 11) is -3.50. The number of primary sulfonamides is 1. The van der Waals surface area contributed by atoms with E-state index in [0.29, 0.717) is 5.69 Å². The van der Waals surface area contributed by atoms with Gasteiger partial charge >= 0.3 is 0 Å². The summed E-state index contributed by atoms with van der Waals surface area (Å²) in [4.78, 5) is 15.5. The van der Waals surface area contributed by atoms with Gasteiger partial charge in [0.2, 0.25) is 10.0 Å². The van der Waals surface area contributed by atoms with Gasteiger partial charge in [-0.25, -0.2) is 13.6 Å². The first-order valence-corrected chi connectivity index (χ1v) is 6.85. The molecule has 0 bridgehead atoms. The number of carbonyl (C=O) groups excluding carboxylic acids is 1. The Morgan fingerprint density at radius 3 is 2.78 bits per heavy atom. The Balaban J connectivity index is 2.51. The van der Waals surface area contributed by atoms with Gasteiger partial charge in [-0.15, -0.1) is 0 Å². The molecule has 0 radical (unpaired) electrons. The SMILES string of the molecule is NNc1ccncc1C(=O)NCCCS(N)(=O)=O. The molecule has 8 nitrogen and oxygen atoms in total. The number of nitrogens with one attached hydrogen (secondary N) is 2. The number of hydrogen-bond donors (Lipinski definition) is 4. The van der Waals surface area contributed by atoms with Crippen LogP contribution in [0.3, 0.4) is 0 Å². The van der Waals surface area contributed by atoms with Crippen LogP contribution >= 0.6 is 0 Å². The lowest BCUT2D eigenvalue weighted by atomic mass is 10.2. The highest BCUT2D eigenvalue weighted by atomic mass is 32.2. The molecule has 0 saturated carbocycles. The second-order valence-electron chi connectivity index (χ2n) is 3.54. The number of carbonyl (C=O) groups is 1. The van der Waals surface area contributed by atoms with E-state index in [1.54, 1.807) is 6.07 Å². The maximum atomic E-state index is 11.7. The first kappa shape index (κ1) is 14.4. The first-order chi connectivity index (χ1) is 8.44. The molecule has 6 N–H and O–H groups in total. The van der Waals surface area contributed by atoms with Crippen molar-refractivity contribution in [2.45, 2.75) is 6.42 Å². The summed E-state index contributed by atoms with van der Waals surface area (Å²) in [6.07, 6.45) is 3.10. The largest absolute Gasteiger partial charge is 0.352 e. The molecule has 1 heterocycles. The third-order valence-corrected chi connectivity index (χ3v) is 2.97. The van der Waals surface area contributed by atoms with Crippen molar-refractivity contribution >= 4 is 21.6 Å². The number of hydrogen-bond acceptors (Lipinski definition) is 6. The number of nitrogen functional groups attached to an aromatic ring is 1. The zero-order valence-electron chi connectivity index (χ0n) is 9.59. The zero-order valence-corrected chi connectivity index (χ0v) is 10.4. The standard InChI is InChI=1S/C9H15N5O3S/c10-14-8-2-4-12-6-7(8)9(15)13-3-1-5-18(11,16)17/h2,4,6H,1,3,5,10H2,(H,12,14)(H,13,15)(H2,11,16,17).